The normalized spacial score (nSPS) is 12.8. The number of amides is 1. The van der Waals surface area contributed by atoms with Crippen molar-refractivity contribution in [3.8, 4) is 0 Å². The number of anilines is 1. The predicted molar refractivity (Wildman–Crippen MR) is 73.7 cm³/mol. The van der Waals surface area contributed by atoms with E-state index >= 15 is 0 Å². The molecule has 0 heterocycles. The van der Waals surface area contributed by atoms with Gasteiger partial charge in [0.1, 0.15) is 0 Å². The summed E-state index contributed by atoms with van der Waals surface area (Å²) in [6, 6.07) is 6.68. The number of carboxylic acids is 1. The summed E-state index contributed by atoms with van der Waals surface area (Å²) < 4.78 is 0. The minimum Gasteiger partial charge on any atom is -0.481 e. The molecule has 1 atom stereocenters. The van der Waals surface area contributed by atoms with E-state index in [9.17, 15) is 9.59 Å². The summed E-state index contributed by atoms with van der Waals surface area (Å²) >= 11 is 0. The molecule has 0 aliphatic heterocycles. The first-order chi connectivity index (χ1) is 8.73. The smallest absolute Gasteiger partial charge is 0.305 e. The lowest BCUT2D eigenvalue weighted by Gasteiger charge is -2.26. The highest BCUT2D eigenvalue weighted by Crippen LogP contribution is 2.24. The predicted octanol–water partition coefficient (Wildman–Crippen LogP) is 1.53. The zero-order valence-corrected chi connectivity index (χ0v) is 11.4. The van der Waals surface area contributed by atoms with Crippen LogP contribution in [-0.4, -0.2) is 23.0 Å². The Morgan fingerprint density at radius 2 is 1.84 bits per heavy atom. The molecule has 1 amide bonds. The Hall–Kier alpha value is -2.04. The maximum absolute atomic E-state index is 12.2. The van der Waals surface area contributed by atoms with Gasteiger partial charge in [-0.1, -0.05) is 12.1 Å². The molecular formula is C14H20N2O3. The van der Waals surface area contributed by atoms with Crippen LogP contribution in [0.2, 0.25) is 0 Å². The highest BCUT2D eigenvalue weighted by atomic mass is 16.4. The Balaban J connectivity index is 2.79. The van der Waals surface area contributed by atoms with Crippen LogP contribution < -0.4 is 11.1 Å². The van der Waals surface area contributed by atoms with Crippen molar-refractivity contribution in [3.05, 3.63) is 29.8 Å². The van der Waals surface area contributed by atoms with E-state index in [0.29, 0.717) is 5.69 Å². The van der Waals surface area contributed by atoms with Gasteiger partial charge < -0.3 is 16.2 Å². The second kappa shape index (κ2) is 5.73. The summed E-state index contributed by atoms with van der Waals surface area (Å²) in [5, 5.41) is 11.4. The Kier molecular flexibility index (Phi) is 4.53. The number of nitrogen functional groups attached to an aromatic ring is 1. The third-order valence-corrected chi connectivity index (χ3v) is 3.06. The molecule has 19 heavy (non-hydrogen) atoms. The van der Waals surface area contributed by atoms with Crippen LogP contribution in [0.15, 0.2) is 24.3 Å². The summed E-state index contributed by atoms with van der Waals surface area (Å²) in [5.41, 5.74) is 6.35. The van der Waals surface area contributed by atoms with E-state index in [2.05, 4.69) is 5.32 Å². The summed E-state index contributed by atoms with van der Waals surface area (Å²) in [7, 11) is 0. The second-order valence-electron chi connectivity index (χ2n) is 5.22. The quantitative estimate of drug-likeness (QED) is 0.703. The van der Waals surface area contributed by atoms with Gasteiger partial charge in [0, 0.05) is 11.7 Å². The number of carboxylic acid groups (broad SMARTS) is 1. The van der Waals surface area contributed by atoms with Gasteiger partial charge in [-0.2, -0.15) is 0 Å². The number of nitrogens with one attached hydrogen (secondary N) is 1. The molecule has 1 unspecified atom stereocenters. The fourth-order valence-corrected chi connectivity index (χ4v) is 1.75. The van der Waals surface area contributed by atoms with Crippen molar-refractivity contribution < 1.29 is 14.7 Å². The van der Waals surface area contributed by atoms with Crippen LogP contribution in [0.4, 0.5) is 5.69 Å². The summed E-state index contributed by atoms with van der Waals surface area (Å²) in [6.07, 6.45) is -0.0937. The Morgan fingerprint density at radius 3 is 2.32 bits per heavy atom. The SMILES string of the molecule is CC(CC(=O)O)NC(=O)C(C)(C)c1ccc(N)cc1. The van der Waals surface area contributed by atoms with Gasteiger partial charge in [-0.3, -0.25) is 9.59 Å². The minimum absolute atomic E-state index is 0.0937. The molecule has 5 nitrogen and oxygen atoms in total. The van der Waals surface area contributed by atoms with Crippen molar-refractivity contribution in [2.45, 2.75) is 38.6 Å². The third kappa shape index (κ3) is 3.98. The Bertz CT molecular complexity index is 466. The van der Waals surface area contributed by atoms with Crippen LogP contribution in [0.25, 0.3) is 0 Å². The van der Waals surface area contributed by atoms with Gasteiger partial charge in [-0.05, 0) is 38.5 Å². The standard InChI is InChI=1S/C14H20N2O3/c1-9(8-12(17)18)16-13(19)14(2,3)10-4-6-11(15)7-5-10/h4-7,9H,8,15H2,1-3H3,(H,16,19)(H,17,18). The third-order valence-electron chi connectivity index (χ3n) is 3.06. The number of hydrogen-bond acceptors (Lipinski definition) is 3. The average Bonchev–Trinajstić information content (AvgIpc) is 2.28. The molecule has 0 spiro atoms. The molecule has 0 saturated heterocycles. The van der Waals surface area contributed by atoms with Crippen molar-refractivity contribution in [2.75, 3.05) is 5.73 Å². The molecule has 0 saturated carbocycles. The summed E-state index contributed by atoms with van der Waals surface area (Å²) in [6.45, 7) is 5.26. The van der Waals surface area contributed by atoms with Crippen LogP contribution in [-0.2, 0) is 15.0 Å². The first-order valence-corrected chi connectivity index (χ1v) is 6.12. The number of rotatable bonds is 5. The lowest BCUT2D eigenvalue weighted by molar-refractivity contribution is -0.137. The zero-order chi connectivity index (χ0) is 14.6. The molecule has 1 rings (SSSR count). The van der Waals surface area contributed by atoms with E-state index in [4.69, 9.17) is 10.8 Å². The number of benzene rings is 1. The lowest BCUT2D eigenvalue weighted by Crippen LogP contribution is -2.44. The number of aliphatic carboxylic acids is 1. The molecule has 104 valence electrons. The number of carbonyl (C=O) groups is 2. The van der Waals surface area contributed by atoms with Crippen molar-refractivity contribution in [1.82, 2.24) is 5.32 Å². The Labute approximate surface area is 112 Å². The molecule has 0 aliphatic rings. The molecule has 5 heteroatoms. The maximum Gasteiger partial charge on any atom is 0.305 e. The Morgan fingerprint density at radius 1 is 1.32 bits per heavy atom. The number of carbonyl (C=O) groups excluding carboxylic acids is 1. The molecule has 0 bridgehead atoms. The van der Waals surface area contributed by atoms with Gasteiger partial charge in [-0.15, -0.1) is 0 Å². The van der Waals surface area contributed by atoms with E-state index in [0.717, 1.165) is 5.56 Å². The van der Waals surface area contributed by atoms with Crippen molar-refractivity contribution in [1.29, 1.82) is 0 Å². The minimum atomic E-state index is -0.932. The monoisotopic (exact) mass is 264 g/mol. The van der Waals surface area contributed by atoms with Gasteiger partial charge >= 0.3 is 5.97 Å². The molecule has 1 aromatic carbocycles. The topological polar surface area (TPSA) is 92.4 Å². The van der Waals surface area contributed by atoms with Gasteiger partial charge in [0.25, 0.3) is 0 Å². The first-order valence-electron chi connectivity index (χ1n) is 6.12. The molecule has 4 N–H and O–H groups in total. The highest BCUT2D eigenvalue weighted by molar-refractivity contribution is 5.88. The molecule has 0 aliphatic carbocycles. The van der Waals surface area contributed by atoms with Crippen LogP contribution in [0.3, 0.4) is 0 Å². The molecule has 0 aromatic heterocycles. The van der Waals surface area contributed by atoms with E-state index in [1.165, 1.54) is 0 Å². The molecule has 0 radical (unpaired) electrons. The fraction of sp³-hybridized carbons (Fsp3) is 0.429. The second-order valence-corrected chi connectivity index (χ2v) is 5.22. The van der Waals surface area contributed by atoms with Crippen LogP contribution >= 0.6 is 0 Å². The average molecular weight is 264 g/mol. The number of nitrogens with two attached hydrogens (primary N) is 1. The van der Waals surface area contributed by atoms with Crippen LogP contribution in [0.1, 0.15) is 32.8 Å². The van der Waals surface area contributed by atoms with Gasteiger partial charge in [-0.25, -0.2) is 0 Å². The van der Waals surface area contributed by atoms with Crippen LogP contribution in [0.5, 0.6) is 0 Å². The van der Waals surface area contributed by atoms with E-state index < -0.39 is 17.4 Å². The van der Waals surface area contributed by atoms with E-state index in [-0.39, 0.29) is 12.3 Å². The zero-order valence-electron chi connectivity index (χ0n) is 11.4. The summed E-state index contributed by atoms with van der Waals surface area (Å²) in [4.78, 5) is 22.8. The van der Waals surface area contributed by atoms with Crippen molar-refractivity contribution in [3.63, 3.8) is 0 Å². The van der Waals surface area contributed by atoms with Crippen molar-refractivity contribution in [2.24, 2.45) is 0 Å². The van der Waals surface area contributed by atoms with Crippen LogP contribution in [0, 0.1) is 0 Å². The summed E-state index contributed by atoms with van der Waals surface area (Å²) in [5.74, 6) is -1.14. The largest absolute Gasteiger partial charge is 0.481 e. The first kappa shape index (κ1) is 15.0. The fourth-order valence-electron chi connectivity index (χ4n) is 1.75. The maximum atomic E-state index is 12.2. The van der Waals surface area contributed by atoms with Crippen molar-refractivity contribution >= 4 is 17.6 Å². The highest BCUT2D eigenvalue weighted by Gasteiger charge is 2.30. The molecular weight excluding hydrogens is 244 g/mol. The van der Waals surface area contributed by atoms with E-state index in [1.807, 2.05) is 0 Å². The lowest BCUT2D eigenvalue weighted by atomic mass is 9.83. The van der Waals surface area contributed by atoms with E-state index in [1.54, 1.807) is 45.0 Å². The molecule has 0 fully saturated rings. The molecule has 1 aromatic rings. The van der Waals surface area contributed by atoms with Gasteiger partial charge in [0.2, 0.25) is 5.91 Å². The van der Waals surface area contributed by atoms with Gasteiger partial charge in [0.05, 0.1) is 11.8 Å². The number of hydrogen-bond donors (Lipinski definition) is 3. The van der Waals surface area contributed by atoms with Gasteiger partial charge in [0.15, 0.2) is 0 Å².